The molecule has 126 valence electrons. The highest BCUT2D eigenvalue weighted by molar-refractivity contribution is 5.96. The molecule has 0 aliphatic carbocycles. The highest BCUT2D eigenvalue weighted by Gasteiger charge is 2.20. The maximum absolute atomic E-state index is 12.9. The molecule has 0 bridgehead atoms. The van der Waals surface area contributed by atoms with Gasteiger partial charge in [-0.15, -0.1) is 0 Å². The zero-order chi connectivity index (χ0) is 17.8. The first-order valence-corrected chi connectivity index (χ1v) is 8.55. The van der Waals surface area contributed by atoms with Gasteiger partial charge in [0.05, 0.1) is 6.04 Å². The number of benzene rings is 3. The third kappa shape index (κ3) is 3.80. The third-order valence-corrected chi connectivity index (χ3v) is 4.53. The van der Waals surface area contributed by atoms with Gasteiger partial charge in [-0.1, -0.05) is 72.3 Å². The molecule has 0 fully saturated rings. The second-order valence-corrected chi connectivity index (χ2v) is 6.49. The van der Waals surface area contributed by atoms with Gasteiger partial charge < -0.3 is 5.32 Å². The molecule has 1 N–H and O–H groups in total. The van der Waals surface area contributed by atoms with Gasteiger partial charge in [0.15, 0.2) is 0 Å². The first-order valence-electron chi connectivity index (χ1n) is 8.55. The van der Waals surface area contributed by atoms with Gasteiger partial charge in [-0.25, -0.2) is 0 Å². The molecule has 2 heteroatoms. The van der Waals surface area contributed by atoms with Crippen molar-refractivity contribution in [2.45, 2.75) is 26.8 Å². The maximum Gasteiger partial charge on any atom is 0.252 e. The molecular weight excluding hydrogens is 306 g/mol. The summed E-state index contributed by atoms with van der Waals surface area (Å²) in [7, 11) is 0. The van der Waals surface area contributed by atoms with E-state index in [-0.39, 0.29) is 11.9 Å². The summed E-state index contributed by atoms with van der Waals surface area (Å²) in [4.78, 5) is 12.9. The van der Waals surface area contributed by atoms with Crippen LogP contribution in [0.3, 0.4) is 0 Å². The van der Waals surface area contributed by atoms with E-state index in [4.69, 9.17) is 0 Å². The normalized spacial score (nSPS) is 11.8. The molecule has 0 saturated heterocycles. The first kappa shape index (κ1) is 17.0. The van der Waals surface area contributed by atoms with Crippen molar-refractivity contribution in [2.24, 2.45) is 0 Å². The van der Waals surface area contributed by atoms with Crippen molar-refractivity contribution in [1.82, 2.24) is 5.32 Å². The summed E-state index contributed by atoms with van der Waals surface area (Å²) in [6.07, 6.45) is 0. The van der Waals surface area contributed by atoms with E-state index >= 15 is 0 Å². The number of nitrogens with one attached hydrogen (secondary N) is 1. The van der Waals surface area contributed by atoms with Crippen LogP contribution in [-0.2, 0) is 0 Å². The van der Waals surface area contributed by atoms with Crippen molar-refractivity contribution < 1.29 is 4.79 Å². The van der Waals surface area contributed by atoms with Crippen molar-refractivity contribution in [3.63, 3.8) is 0 Å². The van der Waals surface area contributed by atoms with Gasteiger partial charge in [-0.2, -0.15) is 0 Å². The summed E-state index contributed by atoms with van der Waals surface area (Å²) in [5.74, 6) is -0.0467. The molecule has 0 heterocycles. The van der Waals surface area contributed by atoms with Crippen LogP contribution < -0.4 is 5.32 Å². The van der Waals surface area contributed by atoms with Crippen molar-refractivity contribution in [2.75, 3.05) is 0 Å². The topological polar surface area (TPSA) is 29.1 Å². The van der Waals surface area contributed by atoms with Crippen LogP contribution in [0.4, 0.5) is 0 Å². The average Bonchev–Trinajstić information content (AvgIpc) is 2.61. The Hall–Kier alpha value is -2.87. The number of hydrogen-bond donors (Lipinski definition) is 1. The number of carbonyl (C=O) groups excluding carboxylic acids is 1. The minimum absolute atomic E-state index is 0.0467. The molecule has 3 rings (SSSR count). The number of amides is 1. The molecule has 1 atom stereocenters. The fourth-order valence-corrected chi connectivity index (χ4v) is 3.17. The fraction of sp³-hybridized carbons (Fsp3) is 0.174. The maximum atomic E-state index is 12.9. The summed E-state index contributed by atoms with van der Waals surface area (Å²) in [6.45, 7) is 6.09. The Labute approximate surface area is 149 Å². The SMILES string of the molecule is Cc1ccc(C(=O)N[C@@H](c2ccccc2)c2ccccc2C)c(C)c1. The number of aryl methyl sites for hydroxylation is 3. The second kappa shape index (κ2) is 7.35. The lowest BCUT2D eigenvalue weighted by molar-refractivity contribution is 0.0942. The average molecular weight is 329 g/mol. The predicted octanol–water partition coefficient (Wildman–Crippen LogP) is 5.13. The second-order valence-electron chi connectivity index (χ2n) is 6.49. The highest BCUT2D eigenvalue weighted by atomic mass is 16.1. The van der Waals surface area contributed by atoms with Crippen molar-refractivity contribution in [3.05, 3.63) is 106 Å². The fourth-order valence-electron chi connectivity index (χ4n) is 3.17. The first-order chi connectivity index (χ1) is 12.1. The van der Waals surface area contributed by atoms with Crippen molar-refractivity contribution in [3.8, 4) is 0 Å². The van der Waals surface area contributed by atoms with Gasteiger partial charge in [0.2, 0.25) is 0 Å². The molecule has 0 spiro atoms. The minimum Gasteiger partial charge on any atom is -0.341 e. The van der Waals surface area contributed by atoms with Crippen LogP contribution in [0.5, 0.6) is 0 Å². The molecule has 25 heavy (non-hydrogen) atoms. The Morgan fingerprint density at radius 1 is 0.800 bits per heavy atom. The summed E-state index contributed by atoms with van der Waals surface area (Å²) < 4.78 is 0. The van der Waals surface area contributed by atoms with Gasteiger partial charge in [-0.05, 0) is 49.1 Å². The smallest absolute Gasteiger partial charge is 0.252 e. The molecule has 3 aromatic carbocycles. The van der Waals surface area contributed by atoms with Crippen LogP contribution in [0.2, 0.25) is 0 Å². The largest absolute Gasteiger partial charge is 0.341 e. The van der Waals surface area contributed by atoms with E-state index in [1.807, 2.05) is 62.4 Å². The van der Waals surface area contributed by atoms with Crippen LogP contribution >= 0.6 is 0 Å². The zero-order valence-corrected chi connectivity index (χ0v) is 14.9. The molecular formula is C23H23NO. The van der Waals surface area contributed by atoms with Crippen LogP contribution in [-0.4, -0.2) is 5.91 Å². The van der Waals surface area contributed by atoms with E-state index in [0.29, 0.717) is 0 Å². The summed E-state index contributed by atoms with van der Waals surface area (Å²) in [5, 5.41) is 3.23. The van der Waals surface area contributed by atoms with Gasteiger partial charge >= 0.3 is 0 Å². The molecule has 0 unspecified atom stereocenters. The molecule has 0 aromatic heterocycles. The number of hydrogen-bond acceptors (Lipinski definition) is 1. The summed E-state index contributed by atoms with van der Waals surface area (Å²) >= 11 is 0. The molecule has 1 amide bonds. The molecule has 0 aliphatic rings. The van der Waals surface area contributed by atoms with E-state index in [9.17, 15) is 4.79 Å². The number of carbonyl (C=O) groups is 1. The van der Waals surface area contributed by atoms with Crippen LogP contribution in [0.1, 0.15) is 44.2 Å². The van der Waals surface area contributed by atoms with Gasteiger partial charge in [0.25, 0.3) is 5.91 Å². The van der Waals surface area contributed by atoms with E-state index < -0.39 is 0 Å². The molecule has 0 radical (unpaired) electrons. The lowest BCUT2D eigenvalue weighted by Crippen LogP contribution is -2.30. The zero-order valence-electron chi connectivity index (χ0n) is 14.9. The Kier molecular flexibility index (Phi) is 4.99. The Bertz CT molecular complexity index is 884. The third-order valence-electron chi connectivity index (χ3n) is 4.53. The Morgan fingerprint density at radius 2 is 1.48 bits per heavy atom. The van der Waals surface area contributed by atoms with E-state index in [1.54, 1.807) is 0 Å². The Balaban J connectivity index is 1.98. The van der Waals surface area contributed by atoms with Crippen LogP contribution in [0, 0.1) is 20.8 Å². The van der Waals surface area contributed by atoms with Gasteiger partial charge in [0, 0.05) is 5.56 Å². The Morgan fingerprint density at radius 3 is 2.16 bits per heavy atom. The molecule has 2 nitrogen and oxygen atoms in total. The van der Waals surface area contributed by atoms with Crippen LogP contribution in [0.15, 0.2) is 72.8 Å². The van der Waals surface area contributed by atoms with Gasteiger partial charge in [-0.3, -0.25) is 4.79 Å². The molecule has 3 aromatic rings. The highest BCUT2D eigenvalue weighted by Crippen LogP contribution is 2.25. The monoisotopic (exact) mass is 329 g/mol. The number of rotatable bonds is 4. The lowest BCUT2D eigenvalue weighted by Gasteiger charge is -2.22. The van der Waals surface area contributed by atoms with Crippen molar-refractivity contribution >= 4 is 5.91 Å². The lowest BCUT2D eigenvalue weighted by atomic mass is 9.94. The minimum atomic E-state index is -0.171. The molecule has 0 aliphatic heterocycles. The predicted molar refractivity (Wildman–Crippen MR) is 103 cm³/mol. The quantitative estimate of drug-likeness (QED) is 0.706. The summed E-state index contributed by atoms with van der Waals surface area (Å²) in [5.41, 5.74) is 6.24. The van der Waals surface area contributed by atoms with E-state index in [0.717, 1.165) is 33.4 Å². The van der Waals surface area contributed by atoms with Gasteiger partial charge in [0.1, 0.15) is 0 Å². The van der Waals surface area contributed by atoms with Crippen LogP contribution in [0.25, 0.3) is 0 Å². The summed E-state index contributed by atoms with van der Waals surface area (Å²) in [6, 6.07) is 24.1. The van der Waals surface area contributed by atoms with E-state index in [1.165, 1.54) is 0 Å². The standard InChI is InChI=1S/C23H23NO/c1-16-13-14-21(18(3)15-16)23(25)24-22(19-10-5-4-6-11-19)20-12-8-7-9-17(20)2/h4-15,22H,1-3H3,(H,24,25)/t22-/m0/s1. The van der Waals surface area contributed by atoms with Crippen molar-refractivity contribution in [1.29, 1.82) is 0 Å². The van der Waals surface area contributed by atoms with E-state index in [2.05, 4.69) is 36.5 Å². The molecule has 0 saturated carbocycles.